The lowest BCUT2D eigenvalue weighted by Gasteiger charge is -1.91. The van der Waals surface area contributed by atoms with E-state index in [4.69, 9.17) is 11.5 Å². The Hall–Kier alpha value is -0.960. The highest BCUT2D eigenvalue weighted by molar-refractivity contribution is 9.10. The first-order chi connectivity index (χ1) is 5.29. The van der Waals surface area contributed by atoms with Crippen LogP contribution >= 0.6 is 15.9 Å². The molecule has 3 heteroatoms. The first-order valence-corrected chi connectivity index (χ1v) is 3.97. The molecule has 1 aromatic rings. The summed E-state index contributed by atoms with van der Waals surface area (Å²) in [5.41, 5.74) is 10.8. The average molecular weight is 213 g/mol. The summed E-state index contributed by atoms with van der Waals surface area (Å²) in [6, 6.07) is 5.74. The number of benzene rings is 1. The van der Waals surface area contributed by atoms with E-state index in [-0.39, 0.29) is 0 Å². The van der Waals surface area contributed by atoms with E-state index in [0.29, 0.717) is 0 Å². The Labute approximate surface area is 73.3 Å². The molecule has 0 fully saturated rings. The quantitative estimate of drug-likeness (QED) is 0.629. The van der Waals surface area contributed by atoms with E-state index in [9.17, 15) is 0 Å². The molecule has 0 unspecified atom stereocenters. The Kier molecular flexibility index (Phi) is 2.54. The van der Waals surface area contributed by atoms with Crippen LogP contribution in [-0.2, 0) is 0 Å². The van der Waals surface area contributed by atoms with E-state index in [1.54, 1.807) is 0 Å². The largest absolute Gasteiger partial charge is 0.404 e. The molecule has 58 valence electrons. The van der Waals surface area contributed by atoms with Crippen molar-refractivity contribution < 1.29 is 0 Å². The van der Waals surface area contributed by atoms with E-state index >= 15 is 0 Å². The molecule has 0 aromatic heterocycles. The molecule has 0 aliphatic carbocycles. The van der Waals surface area contributed by atoms with Crippen LogP contribution in [0.4, 0.5) is 0 Å². The fourth-order valence-electron chi connectivity index (χ4n) is 0.875. The van der Waals surface area contributed by atoms with Crippen LogP contribution in [0.15, 0.2) is 22.7 Å². The van der Waals surface area contributed by atoms with Crippen molar-refractivity contribution in [1.29, 1.82) is 0 Å². The van der Waals surface area contributed by atoms with Gasteiger partial charge in [0.25, 0.3) is 0 Å². The van der Waals surface area contributed by atoms with Crippen molar-refractivity contribution in [2.24, 2.45) is 11.5 Å². The molecule has 0 saturated carbocycles. The first kappa shape index (κ1) is 8.14. The Bertz CT molecular complexity index is 357. The summed E-state index contributed by atoms with van der Waals surface area (Å²) in [5, 5.41) is 1.86. The molecular formula is C8H9BrN2. The minimum atomic E-state index is 0.926. The zero-order valence-electron chi connectivity index (χ0n) is 5.92. The Morgan fingerprint density at radius 3 is 2.36 bits per heavy atom. The molecule has 0 bridgehead atoms. The molecule has 0 aliphatic rings. The van der Waals surface area contributed by atoms with Gasteiger partial charge in [-0.05, 0) is 11.3 Å². The van der Waals surface area contributed by atoms with Crippen molar-refractivity contribution in [3.63, 3.8) is 0 Å². The molecule has 1 rings (SSSR count). The Balaban J connectivity index is 3.65. The number of halogens is 1. The van der Waals surface area contributed by atoms with Crippen LogP contribution in [0.3, 0.4) is 0 Å². The minimum absolute atomic E-state index is 0.926. The third-order valence-corrected chi connectivity index (χ3v) is 2.12. The lowest BCUT2D eigenvalue weighted by Crippen LogP contribution is -2.28. The van der Waals surface area contributed by atoms with E-state index in [0.717, 1.165) is 14.9 Å². The second-order valence-electron chi connectivity index (χ2n) is 2.08. The van der Waals surface area contributed by atoms with Crippen molar-refractivity contribution in [3.8, 4) is 0 Å². The summed E-state index contributed by atoms with van der Waals surface area (Å²) < 4.78 is 0.958. The van der Waals surface area contributed by atoms with Crippen LogP contribution in [0, 0.1) is 0 Å². The number of hydrogen-bond acceptors (Lipinski definition) is 2. The van der Waals surface area contributed by atoms with Crippen molar-refractivity contribution in [3.05, 3.63) is 33.1 Å². The zero-order chi connectivity index (χ0) is 8.27. The summed E-state index contributed by atoms with van der Waals surface area (Å²) in [4.78, 5) is 0. The van der Waals surface area contributed by atoms with Gasteiger partial charge in [0.05, 0.1) is 0 Å². The minimum Gasteiger partial charge on any atom is -0.404 e. The molecule has 0 spiro atoms. The topological polar surface area (TPSA) is 52.0 Å². The van der Waals surface area contributed by atoms with Gasteiger partial charge in [-0.25, -0.2) is 0 Å². The maximum absolute atomic E-state index is 5.40. The molecule has 4 N–H and O–H groups in total. The monoisotopic (exact) mass is 212 g/mol. The van der Waals surface area contributed by atoms with Crippen LogP contribution in [-0.4, -0.2) is 0 Å². The second kappa shape index (κ2) is 3.44. The maximum atomic E-state index is 5.40. The van der Waals surface area contributed by atoms with E-state index in [2.05, 4.69) is 15.9 Å². The molecule has 0 aliphatic heterocycles. The highest BCUT2D eigenvalue weighted by Gasteiger charge is 1.88. The first-order valence-electron chi connectivity index (χ1n) is 3.18. The molecule has 0 atom stereocenters. The zero-order valence-corrected chi connectivity index (χ0v) is 7.51. The highest BCUT2D eigenvalue weighted by Crippen LogP contribution is 1.97. The predicted molar refractivity (Wildman–Crippen MR) is 50.7 cm³/mol. The predicted octanol–water partition coefficient (Wildman–Crippen LogP) is -0.158. The number of rotatable bonds is 0. The van der Waals surface area contributed by atoms with Crippen LogP contribution in [0.25, 0.3) is 12.4 Å². The van der Waals surface area contributed by atoms with Gasteiger partial charge >= 0.3 is 0 Å². The lowest BCUT2D eigenvalue weighted by atomic mass is 10.2. The molecule has 2 nitrogen and oxygen atoms in total. The molecule has 1 aromatic carbocycles. The van der Waals surface area contributed by atoms with Gasteiger partial charge in [0.2, 0.25) is 0 Å². The summed E-state index contributed by atoms with van der Waals surface area (Å²) >= 11 is 3.36. The Morgan fingerprint density at radius 1 is 1.18 bits per heavy atom. The summed E-state index contributed by atoms with van der Waals surface area (Å²) in [7, 11) is 0. The van der Waals surface area contributed by atoms with E-state index < -0.39 is 0 Å². The fraction of sp³-hybridized carbons (Fsp3) is 0. The summed E-state index contributed by atoms with van der Waals surface area (Å²) in [5.74, 6) is 0. The Morgan fingerprint density at radius 2 is 1.91 bits per heavy atom. The van der Waals surface area contributed by atoms with Gasteiger partial charge in [-0.15, -0.1) is 0 Å². The average Bonchev–Trinajstić information content (AvgIpc) is 2.04. The normalized spacial score (nSPS) is 13.9. The van der Waals surface area contributed by atoms with Crippen molar-refractivity contribution in [2.45, 2.75) is 0 Å². The van der Waals surface area contributed by atoms with Gasteiger partial charge in [-0.1, -0.05) is 28.1 Å². The number of nitrogens with two attached hydrogens (primary N) is 2. The van der Waals surface area contributed by atoms with Crippen LogP contribution in [0.2, 0.25) is 0 Å². The van der Waals surface area contributed by atoms with Crippen LogP contribution in [0.5, 0.6) is 0 Å². The molecule has 0 heterocycles. The smallest absolute Gasteiger partial charge is 0.0268 e. The van der Waals surface area contributed by atoms with Crippen LogP contribution < -0.4 is 21.9 Å². The molecule has 0 amide bonds. The third kappa shape index (κ3) is 1.54. The lowest BCUT2D eigenvalue weighted by molar-refractivity contribution is 1.43. The van der Waals surface area contributed by atoms with E-state index in [1.165, 1.54) is 12.4 Å². The van der Waals surface area contributed by atoms with Gasteiger partial charge in [-0.2, -0.15) is 0 Å². The fourth-order valence-corrected chi connectivity index (χ4v) is 1.39. The number of hydrogen-bond donors (Lipinski definition) is 2. The van der Waals surface area contributed by atoms with Gasteiger partial charge < -0.3 is 11.5 Å². The second-order valence-corrected chi connectivity index (χ2v) is 2.93. The third-order valence-electron chi connectivity index (χ3n) is 1.43. The highest BCUT2D eigenvalue weighted by atomic mass is 79.9. The standard InChI is InChI=1S/C8H9BrN2/c9-8-3-1-2-6(4-10)7(8)5-11/h1-5H,10-11H2/b6-4-,7-5+. The molecular weight excluding hydrogens is 204 g/mol. The van der Waals surface area contributed by atoms with Gasteiger partial charge in [0, 0.05) is 22.1 Å². The molecule has 0 saturated heterocycles. The molecule has 11 heavy (non-hydrogen) atoms. The van der Waals surface area contributed by atoms with Gasteiger partial charge in [0.15, 0.2) is 0 Å². The van der Waals surface area contributed by atoms with Gasteiger partial charge in [0.1, 0.15) is 0 Å². The molecule has 0 radical (unpaired) electrons. The summed E-state index contributed by atoms with van der Waals surface area (Å²) in [6.45, 7) is 0. The SMILES string of the molecule is N/C=c1/cccc(Br)/c1=C/N. The van der Waals surface area contributed by atoms with Crippen molar-refractivity contribution >= 4 is 28.3 Å². The summed E-state index contributed by atoms with van der Waals surface area (Å²) in [6.07, 6.45) is 3.06. The van der Waals surface area contributed by atoms with Crippen LogP contribution in [0.1, 0.15) is 0 Å². The maximum Gasteiger partial charge on any atom is 0.0268 e. The van der Waals surface area contributed by atoms with Crippen molar-refractivity contribution in [1.82, 2.24) is 0 Å². The van der Waals surface area contributed by atoms with E-state index in [1.807, 2.05) is 18.2 Å². The van der Waals surface area contributed by atoms with Crippen molar-refractivity contribution in [2.75, 3.05) is 0 Å². The van der Waals surface area contributed by atoms with Gasteiger partial charge in [-0.3, -0.25) is 0 Å².